The van der Waals surface area contributed by atoms with Gasteiger partial charge >= 0.3 is 0 Å². The Hall–Kier alpha value is -4.12. The number of hydrogen-bond acceptors (Lipinski definition) is 8. The summed E-state index contributed by atoms with van der Waals surface area (Å²) in [4.78, 5) is 29.1. The fourth-order valence-corrected chi connectivity index (χ4v) is 6.11. The van der Waals surface area contributed by atoms with Gasteiger partial charge in [-0.05, 0) is 53.9 Å². The third kappa shape index (κ3) is 6.45. The van der Waals surface area contributed by atoms with E-state index in [9.17, 15) is 14.0 Å². The number of nitrogens with one attached hydrogen (secondary N) is 1. The molecule has 0 aromatic heterocycles. The van der Waals surface area contributed by atoms with Crippen LogP contribution < -0.4 is 29.0 Å². The third-order valence-electron chi connectivity index (χ3n) is 6.77. The summed E-state index contributed by atoms with van der Waals surface area (Å²) in [5.74, 6) is 1.49. The highest BCUT2D eigenvalue weighted by molar-refractivity contribution is 7.99. The van der Waals surface area contributed by atoms with Gasteiger partial charge in [0.1, 0.15) is 17.2 Å². The molecule has 1 fully saturated rings. The monoisotopic (exact) mass is 584 g/mol. The molecule has 3 aromatic rings. The van der Waals surface area contributed by atoms with Crippen molar-refractivity contribution in [2.75, 3.05) is 47.8 Å². The molecule has 1 aliphatic heterocycles. The Morgan fingerprint density at radius 2 is 1.49 bits per heavy atom. The highest BCUT2D eigenvalue weighted by atomic mass is 32.2. The van der Waals surface area contributed by atoms with Crippen LogP contribution in [-0.4, -0.2) is 70.6 Å². The van der Waals surface area contributed by atoms with E-state index in [-0.39, 0.29) is 17.3 Å². The maximum atomic E-state index is 14.1. The molecule has 9 nitrogen and oxygen atoms in total. The van der Waals surface area contributed by atoms with Crippen molar-refractivity contribution in [2.45, 2.75) is 17.8 Å². The van der Waals surface area contributed by atoms with E-state index in [4.69, 9.17) is 23.7 Å². The predicted octanol–water partition coefficient (Wildman–Crippen LogP) is 4.48. The zero-order chi connectivity index (χ0) is 29.5. The lowest BCUT2D eigenvalue weighted by Crippen LogP contribution is -2.48. The van der Waals surface area contributed by atoms with Gasteiger partial charge in [-0.25, -0.2) is 4.39 Å². The summed E-state index contributed by atoms with van der Waals surface area (Å²) in [6.45, 7) is 0.350. The predicted molar refractivity (Wildman–Crippen MR) is 154 cm³/mol. The van der Waals surface area contributed by atoms with Crippen molar-refractivity contribution in [3.63, 3.8) is 0 Å². The lowest BCUT2D eigenvalue weighted by molar-refractivity contribution is -0.124. The average molecular weight is 585 g/mol. The average Bonchev–Trinajstić information content (AvgIpc) is 3.45. The number of ether oxygens (including phenoxy) is 5. The quantitative estimate of drug-likeness (QED) is 0.353. The summed E-state index contributed by atoms with van der Waals surface area (Å²) < 4.78 is 40.6. The summed E-state index contributed by atoms with van der Waals surface area (Å²) in [5, 5.41) is 2.46. The van der Waals surface area contributed by atoms with Crippen LogP contribution in [-0.2, 0) is 11.2 Å². The Balaban J connectivity index is 1.59. The van der Waals surface area contributed by atoms with Gasteiger partial charge in [0.2, 0.25) is 11.7 Å². The molecule has 2 amide bonds. The van der Waals surface area contributed by atoms with Gasteiger partial charge in [0.15, 0.2) is 23.0 Å². The fraction of sp³-hybridized carbons (Fsp3) is 0.333. The van der Waals surface area contributed by atoms with Crippen molar-refractivity contribution in [1.29, 1.82) is 0 Å². The molecule has 2 atom stereocenters. The van der Waals surface area contributed by atoms with Crippen molar-refractivity contribution in [1.82, 2.24) is 10.2 Å². The van der Waals surface area contributed by atoms with Gasteiger partial charge in [-0.15, -0.1) is 11.8 Å². The number of benzene rings is 3. The lowest BCUT2D eigenvalue weighted by Gasteiger charge is -2.29. The molecule has 0 radical (unpaired) electrons. The minimum absolute atomic E-state index is 0.261. The van der Waals surface area contributed by atoms with Crippen molar-refractivity contribution in [3.05, 3.63) is 77.1 Å². The smallest absolute Gasteiger partial charge is 0.256 e. The maximum Gasteiger partial charge on any atom is 0.256 e. The van der Waals surface area contributed by atoms with Gasteiger partial charge in [0.25, 0.3) is 5.91 Å². The summed E-state index contributed by atoms with van der Waals surface area (Å²) in [6, 6.07) is 13.9. The Morgan fingerprint density at radius 1 is 0.854 bits per heavy atom. The molecule has 0 bridgehead atoms. The molecule has 2 unspecified atom stereocenters. The normalized spacial score (nSPS) is 16.2. The molecule has 41 heavy (non-hydrogen) atoms. The van der Waals surface area contributed by atoms with Gasteiger partial charge < -0.3 is 33.9 Å². The summed E-state index contributed by atoms with van der Waals surface area (Å²) in [5.41, 5.74) is 1.92. The molecule has 1 heterocycles. The van der Waals surface area contributed by atoms with Crippen LogP contribution in [0.4, 0.5) is 4.39 Å². The SMILES string of the molecule is COc1ccc(CCNC(=O)C2CSC(c3ccc(F)cc3)N2C(=O)c2cc(OC)c(OC)c(OC)c2)cc1OC. The molecular formula is C30H33FN2O7S. The molecule has 1 saturated heterocycles. The highest BCUT2D eigenvalue weighted by Gasteiger charge is 2.43. The molecule has 1 N–H and O–H groups in total. The van der Waals surface area contributed by atoms with Gasteiger partial charge in [-0.2, -0.15) is 0 Å². The zero-order valence-electron chi connectivity index (χ0n) is 23.6. The molecular weight excluding hydrogens is 551 g/mol. The first kappa shape index (κ1) is 29.9. The number of hydrogen-bond donors (Lipinski definition) is 1. The number of methoxy groups -OCH3 is 5. The highest BCUT2D eigenvalue weighted by Crippen LogP contribution is 2.44. The number of amides is 2. The van der Waals surface area contributed by atoms with E-state index in [0.717, 1.165) is 5.56 Å². The van der Waals surface area contributed by atoms with Crippen molar-refractivity contribution in [3.8, 4) is 28.7 Å². The molecule has 4 rings (SSSR count). The van der Waals surface area contributed by atoms with Crippen LogP contribution in [0.1, 0.15) is 26.9 Å². The van der Waals surface area contributed by atoms with Crippen LogP contribution >= 0.6 is 11.8 Å². The van der Waals surface area contributed by atoms with E-state index in [1.165, 1.54) is 50.1 Å². The zero-order valence-corrected chi connectivity index (χ0v) is 24.4. The second-order valence-electron chi connectivity index (χ2n) is 9.11. The van der Waals surface area contributed by atoms with Crippen LogP contribution in [0.2, 0.25) is 0 Å². The molecule has 11 heteroatoms. The first-order chi connectivity index (χ1) is 19.8. The van der Waals surface area contributed by atoms with E-state index in [1.54, 1.807) is 38.5 Å². The second-order valence-corrected chi connectivity index (χ2v) is 10.2. The van der Waals surface area contributed by atoms with Gasteiger partial charge in [0, 0.05) is 17.9 Å². The maximum absolute atomic E-state index is 14.1. The lowest BCUT2D eigenvalue weighted by atomic mass is 10.1. The molecule has 0 aliphatic carbocycles. The van der Waals surface area contributed by atoms with Crippen LogP contribution in [0, 0.1) is 5.82 Å². The van der Waals surface area contributed by atoms with Crippen molar-refractivity contribution in [2.24, 2.45) is 0 Å². The van der Waals surface area contributed by atoms with Crippen LogP contribution in [0.25, 0.3) is 0 Å². The summed E-state index contributed by atoms with van der Waals surface area (Å²) in [7, 11) is 7.55. The number of halogens is 1. The van der Waals surface area contributed by atoms with E-state index in [1.807, 2.05) is 18.2 Å². The van der Waals surface area contributed by atoms with Crippen LogP contribution in [0.3, 0.4) is 0 Å². The number of carbonyl (C=O) groups excluding carboxylic acids is 2. The topological polar surface area (TPSA) is 95.6 Å². The largest absolute Gasteiger partial charge is 0.493 e. The Morgan fingerprint density at radius 3 is 2.07 bits per heavy atom. The minimum atomic E-state index is -0.771. The molecule has 1 aliphatic rings. The molecule has 0 saturated carbocycles. The second kappa shape index (κ2) is 13.5. The van der Waals surface area contributed by atoms with E-state index < -0.39 is 17.3 Å². The number of carbonyl (C=O) groups is 2. The summed E-state index contributed by atoms with van der Waals surface area (Å²) in [6.07, 6.45) is 0.550. The Kier molecular flexibility index (Phi) is 9.82. The Bertz CT molecular complexity index is 1360. The van der Waals surface area contributed by atoms with Crippen molar-refractivity contribution >= 4 is 23.6 Å². The van der Waals surface area contributed by atoms with Gasteiger partial charge in [0.05, 0.1) is 35.5 Å². The molecule has 218 valence electrons. The van der Waals surface area contributed by atoms with Crippen molar-refractivity contribution < 1.29 is 37.7 Å². The van der Waals surface area contributed by atoms with E-state index in [0.29, 0.717) is 53.0 Å². The third-order valence-corrected chi connectivity index (χ3v) is 8.09. The summed E-state index contributed by atoms with van der Waals surface area (Å²) >= 11 is 1.44. The number of rotatable bonds is 11. The first-order valence-corrected chi connectivity index (χ1v) is 13.9. The van der Waals surface area contributed by atoms with Gasteiger partial charge in [-0.1, -0.05) is 18.2 Å². The van der Waals surface area contributed by atoms with Crippen LogP contribution in [0.5, 0.6) is 28.7 Å². The fourth-order valence-electron chi connectivity index (χ4n) is 4.68. The number of thioether (sulfide) groups is 1. The molecule has 0 spiro atoms. The first-order valence-electron chi connectivity index (χ1n) is 12.8. The Labute approximate surface area is 242 Å². The van der Waals surface area contributed by atoms with E-state index in [2.05, 4.69) is 5.32 Å². The standard InChI is InChI=1S/C30H33FN2O7S/c1-36-23-11-6-18(14-24(23)37-2)12-13-32-28(34)22-17-41-30(19-7-9-21(31)10-8-19)33(22)29(35)20-15-25(38-3)27(40-5)26(16-20)39-4/h6-11,14-16,22,30H,12-13,17H2,1-5H3,(H,32,34). The minimum Gasteiger partial charge on any atom is -0.493 e. The number of nitrogens with zero attached hydrogens (tertiary/aromatic N) is 1. The van der Waals surface area contributed by atoms with Gasteiger partial charge in [-0.3, -0.25) is 9.59 Å². The van der Waals surface area contributed by atoms with E-state index >= 15 is 0 Å². The van der Waals surface area contributed by atoms with Crippen LogP contribution in [0.15, 0.2) is 54.6 Å². The molecule has 3 aromatic carbocycles.